The van der Waals surface area contributed by atoms with Crippen LogP contribution in [0.15, 0.2) is 24.3 Å². The molecule has 6 nitrogen and oxygen atoms in total. The number of carbonyl (C=O) groups excluding carboxylic acids is 2. The van der Waals surface area contributed by atoms with E-state index in [1.807, 2.05) is 0 Å². The molecule has 1 atom stereocenters. The first-order valence-electron chi connectivity index (χ1n) is 6.59. The maximum atomic E-state index is 12.1. The third-order valence-electron chi connectivity index (χ3n) is 3.64. The van der Waals surface area contributed by atoms with Gasteiger partial charge in [-0.15, -0.1) is 5.06 Å². The molecule has 0 bridgehead atoms. The first-order valence-corrected chi connectivity index (χ1v) is 6.59. The maximum absolute atomic E-state index is 12.1. The van der Waals surface area contributed by atoms with E-state index in [2.05, 4.69) is 0 Å². The van der Waals surface area contributed by atoms with Gasteiger partial charge in [0.25, 0.3) is 11.8 Å². The summed E-state index contributed by atoms with van der Waals surface area (Å²) in [6, 6.07) is 6.50. The Bertz CT molecular complexity index is 503. The van der Waals surface area contributed by atoms with Crippen molar-refractivity contribution in [2.45, 2.75) is 19.1 Å². The summed E-state index contributed by atoms with van der Waals surface area (Å²) in [7, 11) is 0. The van der Waals surface area contributed by atoms with Crippen LogP contribution in [0.4, 0.5) is 0 Å². The number of imide groups is 1. The van der Waals surface area contributed by atoms with E-state index in [1.54, 1.807) is 24.3 Å². The van der Waals surface area contributed by atoms with Crippen LogP contribution in [-0.2, 0) is 9.57 Å². The molecule has 1 aromatic carbocycles. The number of aliphatic hydroxyl groups is 1. The van der Waals surface area contributed by atoms with Gasteiger partial charge in [0.2, 0.25) is 0 Å². The SMILES string of the molecule is O=C1c2ccccc2C(=O)N1OC(O)C1CCOCC1. The molecular formula is C14H15NO5. The average Bonchev–Trinajstić information content (AvgIpc) is 2.74. The van der Waals surface area contributed by atoms with Gasteiger partial charge in [-0.05, 0) is 25.0 Å². The number of hydrogen-bond acceptors (Lipinski definition) is 5. The van der Waals surface area contributed by atoms with Gasteiger partial charge in [-0.3, -0.25) is 9.59 Å². The molecular weight excluding hydrogens is 262 g/mol. The summed E-state index contributed by atoms with van der Waals surface area (Å²) in [5, 5.41) is 10.7. The molecule has 106 valence electrons. The molecule has 1 N–H and O–H groups in total. The Morgan fingerprint density at radius 3 is 2.25 bits per heavy atom. The van der Waals surface area contributed by atoms with Gasteiger partial charge in [0.05, 0.1) is 11.1 Å². The van der Waals surface area contributed by atoms with E-state index < -0.39 is 18.1 Å². The number of ether oxygens (including phenoxy) is 1. The molecule has 1 aromatic rings. The van der Waals surface area contributed by atoms with E-state index in [-0.39, 0.29) is 5.92 Å². The van der Waals surface area contributed by atoms with Crippen molar-refractivity contribution < 1.29 is 24.3 Å². The molecule has 0 radical (unpaired) electrons. The normalized spacial score (nSPS) is 21.1. The zero-order chi connectivity index (χ0) is 14.1. The van der Waals surface area contributed by atoms with Gasteiger partial charge in [0.1, 0.15) is 0 Å². The highest BCUT2D eigenvalue weighted by atomic mass is 16.8. The number of fused-ring (bicyclic) bond motifs is 1. The molecule has 6 heteroatoms. The first kappa shape index (κ1) is 13.2. The average molecular weight is 277 g/mol. The molecule has 0 saturated carbocycles. The quantitative estimate of drug-likeness (QED) is 0.658. The van der Waals surface area contributed by atoms with Crippen molar-refractivity contribution in [2.75, 3.05) is 13.2 Å². The number of amides is 2. The maximum Gasteiger partial charge on any atom is 0.285 e. The lowest BCUT2D eigenvalue weighted by molar-refractivity contribution is -0.240. The smallest absolute Gasteiger partial charge is 0.285 e. The summed E-state index contributed by atoms with van der Waals surface area (Å²) in [5.41, 5.74) is 0.605. The molecule has 2 amide bonds. The number of hydroxylamine groups is 2. The van der Waals surface area contributed by atoms with Crippen molar-refractivity contribution >= 4 is 11.8 Å². The van der Waals surface area contributed by atoms with Gasteiger partial charge in [-0.25, -0.2) is 4.84 Å². The highest BCUT2D eigenvalue weighted by Crippen LogP contribution is 2.26. The van der Waals surface area contributed by atoms with Gasteiger partial charge in [0, 0.05) is 19.1 Å². The molecule has 20 heavy (non-hydrogen) atoms. The van der Waals surface area contributed by atoms with Gasteiger partial charge in [-0.1, -0.05) is 12.1 Å². The summed E-state index contributed by atoms with van der Waals surface area (Å²) >= 11 is 0. The van der Waals surface area contributed by atoms with Crippen LogP contribution in [0.25, 0.3) is 0 Å². The Balaban J connectivity index is 1.73. The van der Waals surface area contributed by atoms with E-state index in [1.165, 1.54) is 0 Å². The molecule has 0 aliphatic carbocycles. The van der Waals surface area contributed by atoms with E-state index in [0.29, 0.717) is 42.2 Å². The van der Waals surface area contributed by atoms with Crippen molar-refractivity contribution in [3.05, 3.63) is 35.4 Å². The molecule has 1 fully saturated rings. The first-order chi connectivity index (χ1) is 9.68. The Labute approximate surface area is 115 Å². The van der Waals surface area contributed by atoms with Crippen LogP contribution in [0.5, 0.6) is 0 Å². The predicted molar refractivity (Wildman–Crippen MR) is 67.6 cm³/mol. The van der Waals surface area contributed by atoms with Crippen LogP contribution in [0, 0.1) is 5.92 Å². The molecule has 0 spiro atoms. The lowest BCUT2D eigenvalue weighted by Crippen LogP contribution is -2.39. The van der Waals surface area contributed by atoms with Crippen LogP contribution in [0.1, 0.15) is 33.6 Å². The summed E-state index contributed by atoms with van der Waals surface area (Å²) in [6.45, 7) is 1.10. The van der Waals surface area contributed by atoms with Gasteiger partial charge in [-0.2, -0.15) is 0 Å². The molecule has 0 aromatic heterocycles. The molecule has 2 aliphatic heterocycles. The zero-order valence-corrected chi connectivity index (χ0v) is 10.8. The number of hydrogen-bond donors (Lipinski definition) is 1. The fourth-order valence-electron chi connectivity index (χ4n) is 2.46. The topological polar surface area (TPSA) is 76.1 Å². The standard InChI is InChI=1S/C14H15NO5/c16-12-10-3-1-2-4-11(10)13(17)15(12)20-14(18)9-5-7-19-8-6-9/h1-4,9,14,18H,5-8H2. The van der Waals surface area contributed by atoms with Crippen LogP contribution in [-0.4, -0.2) is 41.5 Å². The lowest BCUT2D eigenvalue weighted by atomic mass is 10.0. The van der Waals surface area contributed by atoms with Gasteiger partial charge >= 0.3 is 0 Å². The summed E-state index contributed by atoms with van der Waals surface area (Å²) in [5.74, 6) is -1.19. The third kappa shape index (κ3) is 2.22. The van der Waals surface area contributed by atoms with Crippen LogP contribution >= 0.6 is 0 Å². The minimum Gasteiger partial charge on any atom is -0.381 e. The molecule has 1 saturated heterocycles. The van der Waals surface area contributed by atoms with Crippen molar-refractivity contribution in [1.82, 2.24) is 5.06 Å². The second-order valence-corrected chi connectivity index (χ2v) is 4.90. The Hall–Kier alpha value is -1.76. The minimum atomic E-state index is -1.18. The van der Waals surface area contributed by atoms with E-state index in [0.717, 1.165) is 0 Å². The van der Waals surface area contributed by atoms with Crippen LogP contribution < -0.4 is 0 Å². The largest absolute Gasteiger partial charge is 0.381 e. The van der Waals surface area contributed by atoms with Crippen molar-refractivity contribution in [3.8, 4) is 0 Å². The molecule has 2 aliphatic rings. The highest BCUT2D eigenvalue weighted by molar-refractivity contribution is 6.20. The van der Waals surface area contributed by atoms with Crippen LogP contribution in [0.3, 0.4) is 0 Å². The van der Waals surface area contributed by atoms with E-state index >= 15 is 0 Å². The number of aliphatic hydroxyl groups excluding tert-OH is 1. The minimum absolute atomic E-state index is 0.131. The summed E-state index contributed by atoms with van der Waals surface area (Å²) < 4.78 is 5.20. The zero-order valence-electron chi connectivity index (χ0n) is 10.8. The van der Waals surface area contributed by atoms with Crippen molar-refractivity contribution in [1.29, 1.82) is 0 Å². The monoisotopic (exact) mass is 277 g/mol. The molecule has 1 unspecified atom stereocenters. The lowest BCUT2D eigenvalue weighted by Gasteiger charge is -2.28. The number of carbonyl (C=O) groups is 2. The Kier molecular flexibility index (Phi) is 3.52. The Morgan fingerprint density at radius 1 is 1.15 bits per heavy atom. The number of rotatable bonds is 3. The van der Waals surface area contributed by atoms with Crippen molar-refractivity contribution in [2.24, 2.45) is 5.92 Å². The molecule has 3 rings (SSSR count). The fourth-order valence-corrected chi connectivity index (χ4v) is 2.46. The van der Waals surface area contributed by atoms with Crippen molar-refractivity contribution in [3.63, 3.8) is 0 Å². The second kappa shape index (κ2) is 5.32. The Morgan fingerprint density at radius 2 is 1.70 bits per heavy atom. The van der Waals surface area contributed by atoms with Gasteiger partial charge < -0.3 is 9.84 Å². The fraction of sp³-hybridized carbons (Fsp3) is 0.429. The predicted octanol–water partition coefficient (Wildman–Crippen LogP) is 0.959. The second-order valence-electron chi connectivity index (χ2n) is 4.90. The summed E-state index contributed by atoms with van der Waals surface area (Å²) in [4.78, 5) is 29.3. The molecule has 2 heterocycles. The number of nitrogens with zero attached hydrogens (tertiary/aromatic N) is 1. The van der Waals surface area contributed by atoms with E-state index in [4.69, 9.17) is 9.57 Å². The van der Waals surface area contributed by atoms with E-state index in [9.17, 15) is 14.7 Å². The van der Waals surface area contributed by atoms with Crippen LogP contribution in [0.2, 0.25) is 0 Å². The highest BCUT2D eigenvalue weighted by Gasteiger charge is 2.39. The van der Waals surface area contributed by atoms with Gasteiger partial charge in [0.15, 0.2) is 6.29 Å². The summed E-state index contributed by atoms with van der Waals surface area (Å²) in [6.07, 6.45) is 0.107. The third-order valence-corrected chi connectivity index (χ3v) is 3.64. The number of benzene rings is 1.